The van der Waals surface area contributed by atoms with Crippen LogP contribution in [0.3, 0.4) is 0 Å². The Labute approximate surface area is 160 Å². The molecule has 1 fully saturated rings. The molecule has 1 aromatic heterocycles. The Morgan fingerprint density at radius 1 is 0.963 bits per heavy atom. The Bertz CT molecular complexity index is 741. The molecule has 3 rings (SSSR count). The van der Waals surface area contributed by atoms with Gasteiger partial charge in [0.25, 0.3) is 0 Å². The zero-order chi connectivity index (χ0) is 19.1. The van der Waals surface area contributed by atoms with Crippen molar-refractivity contribution < 1.29 is 9.59 Å². The van der Waals surface area contributed by atoms with E-state index in [9.17, 15) is 9.59 Å². The number of pyridine rings is 1. The average Bonchev–Trinajstić information content (AvgIpc) is 2.73. The van der Waals surface area contributed by atoms with Gasteiger partial charge in [-0.2, -0.15) is 0 Å². The molecule has 5 heteroatoms. The van der Waals surface area contributed by atoms with Gasteiger partial charge in [-0.1, -0.05) is 30.3 Å². The van der Waals surface area contributed by atoms with Crippen LogP contribution in [-0.4, -0.2) is 28.7 Å². The van der Waals surface area contributed by atoms with Crippen molar-refractivity contribution in [1.29, 1.82) is 0 Å². The standard InChI is InChI=1S/C22H27N3O2/c1-25(16-18-5-3-2-4-6-18)22(27)20-9-7-19(8-10-20)21(26)24-15-17-11-13-23-14-12-17/h2-6,11-14,19-20H,7-10,15-16H2,1H3,(H,24,26). The van der Waals surface area contributed by atoms with Gasteiger partial charge < -0.3 is 10.2 Å². The third kappa shape index (κ3) is 5.39. The molecule has 1 heterocycles. The lowest BCUT2D eigenvalue weighted by Gasteiger charge is -2.30. The Morgan fingerprint density at radius 3 is 2.26 bits per heavy atom. The van der Waals surface area contributed by atoms with E-state index < -0.39 is 0 Å². The summed E-state index contributed by atoms with van der Waals surface area (Å²) >= 11 is 0. The number of rotatable bonds is 6. The van der Waals surface area contributed by atoms with Crippen LogP contribution in [-0.2, 0) is 22.7 Å². The van der Waals surface area contributed by atoms with Gasteiger partial charge >= 0.3 is 0 Å². The van der Waals surface area contributed by atoms with Crippen molar-refractivity contribution in [2.75, 3.05) is 7.05 Å². The van der Waals surface area contributed by atoms with Crippen LogP contribution in [0, 0.1) is 11.8 Å². The van der Waals surface area contributed by atoms with Gasteiger partial charge in [0.05, 0.1) is 0 Å². The maximum atomic E-state index is 12.7. The number of hydrogen-bond acceptors (Lipinski definition) is 3. The van der Waals surface area contributed by atoms with E-state index in [0.717, 1.165) is 36.8 Å². The number of aromatic nitrogens is 1. The molecule has 0 unspecified atom stereocenters. The maximum Gasteiger partial charge on any atom is 0.225 e. The minimum absolute atomic E-state index is 0.00955. The lowest BCUT2D eigenvalue weighted by Crippen LogP contribution is -2.38. The minimum Gasteiger partial charge on any atom is -0.352 e. The highest BCUT2D eigenvalue weighted by molar-refractivity contribution is 5.81. The summed E-state index contributed by atoms with van der Waals surface area (Å²) in [5.74, 6) is 0.322. The van der Waals surface area contributed by atoms with Crippen LogP contribution in [0.15, 0.2) is 54.9 Å². The number of carbonyl (C=O) groups is 2. The van der Waals surface area contributed by atoms with Gasteiger partial charge in [-0.05, 0) is 48.9 Å². The zero-order valence-electron chi connectivity index (χ0n) is 15.8. The van der Waals surface area contributed by atoms with E-state index in [-0.39, 0.29) is 23.7 Å². The number of nitrogens with zero attached hydrogens (tertiary/aromatic N) is 2. The first-order valence-corrected chi connectivity index (χ1v) is 9.59. The van der Waals surface area contributed by atoms with Crippen LogP contribution in [0.5, 0.6) is 0 Å². The van der Waals surface area contributed by atoms with Crippen molar-refractivity contribution >= 4 is 11.8 Å². The molecule has 1 aliphatic carbocycles. The number of benzene rings is 1. The van der Waals surface area contributed by atoms with E-state index in [1.165, 1.54) is 0 Å². The van der Waals surface area contributed by atoms with Crippen LogP contribution in [0.25, 0.3) is 0 Å². The summed E-state index contributed by atoms with van der Waals surface area (Å²) in [5, 5.41) is 3.01. The molecule has 0 saturated heterocycles. The summed E-state index contributed by atoms with van der Waals surface area (Å²) in [6, 6.07) is 13.8. The van der Waals surface area contributed by atoms with Gasteiger partial charge in [0.1, 0.15) is 0 Å². The summed E-state index contributed by atoms with van der Waals surface area (Å²) in [5.41, 5.74) is 2.18. The predicted molar refractivity (Wildman–Crippen MR) is 104 cm³/mol. The molecule has 1 saturated carbocycles. The van der Waals surface area contributed by atoms with Crippen molar-refractivity contribution in [2.24, 2.45) is 11.8 Å². The van der Waals surface area contributed by atoms with Crippen LogP contribution >= 0.6 is 0 Å². The Balaban J connectivity index is 1.43. The molecule has 0 aliphatic heterocycles. The molecule has 0 bridgehead atoms. The van der Waals surface area contributed by atoms with E-state index in [1.807, 2.05) is 54.4 Å². The fourth-order valence-electron chi connectivity index (χ4n) is 3.68. The fourth-order valence-corrected chi connectivity index (χ4v) is 3.68. The van der Waals surface area contributed by atoms with E-state index in [1.54, 1.807) is 12.4 Å². The first-order chi connectivity index (χ1) is 13.1. The first kappa shape index (κ1) is 19.1. The topological polar surface area (TPSA) is 62.3 Å². The second-order valence-corrected chi connectivity index (χ2v) is 7.30. The SMILES string of the molecule is CN(Cc1ccccc1)C(=O)C1CCC(C(=O)NCc2ccncc2)CC1. The van der Waals surface area contributed by atoms with Crippen molar-refractivity contribution in [1.82, 2.24) is 15.2 Å². The Morgan fingerprint density at radius 2 is 1.59 bits per heavy atom. The molecule has 1 aliphatic rings. The smallest absolute Gasteiger partial charge is 0.225 e. The summed E-state index contributed by atoms with van der Waals surface area (Å²) in [6.07, 6.45) is 6.57. The summed E-state index contributed by atoms with van der Waals surface area (Å²) < 4.78 is 0. The van der Waals surface area contributed by atoms with Crippen LogP contribution in [0.2, 0.25) is 0 Å². The molecular formula is C22H27N3O2. The number of carbonyl (C=O) groups excluding carboxylic acids is 2. The predicted octanol–water partition coefficient (Wildman–Crippen LogP) is 3.16. The Hall–Kier alpha value is -2.69. The molecular weight excluding hydrogens is 338 g/mol. The van der Waals surface area contributed by atoms with Crippen molar-refractivity contribution in [2.45, 2.75) is 38.8 Å². The van der Waals surface area contributed by atoms with Gasteiger partial charge in [-0.25, -0.2) is 0 Å². The zero-order valence-corrected chi connectivity index (χ0v) is 15.8. The summed E-state index contributed by atoms with van der Waals surface area (Å²) in [7, 11) is 1.86. The quantitative estimate of drug-likeness (QED) is 0.855. The largest absolute Gasteiger partial charge is 0.352 e. The number of hydrogen-bond donors (Lipinski definition) is 1. The average molecular weight is 365 g/mol. The normalized spacial score (nSPS) is 19.3. The van der Waals surface area contributed by atoms with Crippen molar-refractivity contribution in [3.63, 3.8) is 0 Å². The van der Waals surface area contributed by atoms with Gasteiger partial charge in [0, 0.05) is 44.4 Å². The molecule has 142 valence electrons. The van der Waals surface area contributed by atoms with Crippen molar-refractivity contribution in [3.05, 3.63) is 66.0 Å². The molecule has 1 N–H and O–H groups in total. The molecule has 1 aromatic carbocycles. The lowest BCUT2D eigenvalue weighted by molar-refractivity contribution is -0.137. The molecule has 0 radical (unpaired) electrons. The van der Waals surface area contributed by atoms with E-state index >= 15 is 0 Å². The highest BCUT2D eigenvalue weighted by Crippen LogP contribution is 2.30. The second kappa shape index (κ2) is 9.31. The molecule has 2 aromatic rings. The molecule has 2 amide bonds. The van der Waals surface area contributed by atoms with Gasteiger partial charge in [-0.3, -0.25) is 14.6 Å². The summed E-state index contributed by atoms with van der Waals surface area (Å²) in [6.45, 7) is 1.16. The van der Waals surface area contributed by atoms with E-state index in [0.29, 0.717) is 13.1 Å². The van der Waals surface area contributed by atoms with E-state index in [4.69, 9.17) is 0 Å². The highest BCUT2D eigenvalue weighted by atomic mass is 16.2. The van der Waals surface area contributed by atoms with Crippen LogP contribution in [0.4, 0.5) is 0 Å². The molecule has 27 heavy (non-hydrogen) atoms. The maximum absolute atomic E-state index is 12.7. The monoisotopic (exact) mass is 365 g/mol. The third-order valence-electron chi connectivity index (χ3n) is 5.30. The molecule has 0 spiro atoms. The molecule has 5 nitrogen and oxygen atoms in total. The third-order valence-corrected chi connectivity index (χ3v) is 5.30. The lowest BCUT2D eigenvalue weighted by atomic mass is 9.81. The molecule has 0 atom stereocenters. The van der Waals surface area contributed by atoms with Gasteiger partial charge in [0.15, 0.2) is 0 Å². The summed E-state index contributed by atoms with van der Waals surface area (Å²) in [4.78, 5) is 30.9. The van der Waals surface area contributed by atoms with Crippen molar-refractivity contribution in [3.8, 4) is 0 Å². The number of nitrogens with one attached hydrogen (secondary N) is 1. The fraction of sp³-hybridized carbons (Fsp3) is 0.409. The second-order valence-electron chi connectivity index (χ2n) is 7.30. The van der Waals surface area contributed by atoms with Crippen LogP contribution < -0.4 is 5.32 Å². The number of amides is 2. The van der Waals surface area contributed by atoms with Gasteiger partial charge in [-0.15, -0.1) is 0 Å². The van der Waals surface area contributed by atoms with Crippen LogP contribution in [0.1, 0.15) is 36.8 Å². The first-order valence-electron chi connectivity index (χ1n) is 9.59. The highest BCUT2D eigenvalue weighted by Gasteiger charge is 2.31. The van der Waals surface area contributed by atoms with E-state index in [2.05, 4.69) is 10.3 Å². The Kier molecular flexibility index (Phi) is 6.58. The van der Waals surface area contributed by atoms with Gasteiger partial charge in [0.2, 0.25) is 11.8 Å². The minimum atomic E-state index is 0.00955.